The number of carbonyl (C=O) groups excluding carboxylic acids is 1. The molecule has 1 aliphatic heterocycles. The highest BCUT2D eigenvalue weighted by atomic mass is 32.2. The topological polar surface area (TPSA) is 38.8 Å². The van der Waals surface area contributed by atoms with Crippen molar-refractivity contribution in [1.29, 1.82) is 0 Å². The Bertz CT molecular complexity index is 969. The van der Waals surface area contributed by atoms with E-state index in [4.69, 9.17) is 9.47 Å². The van der Waals surface area contributed by atoms with Gasteiger partial charge in [0.25, 0.3) is 5.91 Å². The number of hydrogen-bond donors (Lipinski definition) is 0. The third-order valence-corrected chi connectivity index (χ3v) is 5.40. The van der Waals surface area contributed by atoms with Gasteiger partial charge in [-0.25, -0.2) is 0 Å². The number of ether oxygens (including phenoxy) is 2. The zero-order valence-corrected chi connectivity index (χ0v) is 15.2. The molecule has 0 spiro atoms. The molecule has 0 aromatic heterocycles. The summed E-state index contributed by atoms with van der Waals surface area (Å²) in [5.41, 5.74) is 2.30. The SMILES string of the molecule is COc1ccc(C(=O)N2c3ccccc3Sc3ccc(OC)cc32)cc1. The van der Waals surface area contributed by atoms with Crippen LogP contribution in [0.3, 0.4) is 0 Å². The maximum Gasteiger partial charge on any atom is 0.262 e. The molecule has 0 aliphatic carbocycles. The summed E-state index contributed by atoms with van der Waals surface area (Å²) in [5.74, 6) is 1.35. The summed E-state index contributed by atoms with van der Waals surface area (Å²) in [5, 5.41) is 0. The Morgan fingerprint density at radius 3 is 2.19 bits per heavy atom. The van der Waals surface area contributed by atoms with E-state index in [2.05, 4.69) is 0 Å². The number of benzene rings is 3. The number of hydrogen-bond acceptors (Lipinski definition) is 4. The highest BCUT2D eigenvalue weighted by Gasteiger charge is 2.29. The van der Waals surface area contributed by atoms with Crippen LogP contribution in [0, 0.1) is 0 Å². The molecule has 3 aromatic rings. The molecule has 1 aliphatic rings. The first-order chi connectivity index (χ1) is 12.7. The van der Waals surface area contributed by atoms with Crippen LogP contribution in [0.4, 0.5) is 11.4 Å². The number of para-hydroxylation sites is 1. The summed E-state index contributed by atoms with van der Waals surface area (Å²) in [4.78, 5) is 17.2. The zero-order chi connectivity index (χ0) is 18.1. The molecule has 0 atom stereocenters. The van der Waals surface area contributed by atoms with Crippen molar-refractivity contribution in [3.63, 3.8) is 0 Å². The molecule has 0 unspecified atom stereocenters. The molecule has 0 radical (unpaired) electrons. The van der Waals surface area contributed by atoms with Crippen LogP contribution in [0.25, 0.3) is 0 Å². The maximum absolute atomic E-state index is 13.4. The standard InChI is InChI=1S/C21H17NO3S/c1-24-15-9-7-14(8-10-15)21(23)22-17-5-3-4-6-19(17)26-20-12-11-16(25-2)13-18(20)22/h3-13H,1-2H3. The van der Waals surface area contributed by atoms with Gasteiger partial charge in [-0.2, -0.15) is 0 Å². The molecule has 0 bridgehead atoms. The molecule has 1 heterocycles. The van der Waals surface area contributed by atoms with Gasteiger partial charge in [0.15, 0.2) is 0 Å². The summed E-state index contributed by atoms with van der Waals surface area (Å²) in [7, 11) is 3.23. The quantitative estimate of drug-likeness (QED) is 0.645. The van der Waals surface area contributed by atoms with E-state index in [1.54, 1.807) is 55.1 Å². The van der Waals surface area contributed by atoms with Gasteiger partial charge in [-0.05, 0) is 48.5 Å². The van der Waals surface area contributed by atoms with Gasteiger partial charge in [-0.1, -0.05) is 23.9 Å². The van der Waals surface area contributed by atoms with E-state index in [0.717, 1.165) is 32.7 Å². The van der Waals surface area contributed by atoms with Gasteiger partial charge >= 0.3 is 0 Å². The van der Waals surface area contributed by atoms with Crippen molar-refractivity contribution in [1.82, 2.24) is 0 Å². The highest BCUT2D eigenvalue weighted by molar-refractivity contribution is 7.99. The van der Waals surface area contributed by atoms with Gasteiger partial charge in [0.2, 0.25) is 0 Å². The lowest BCUT2D eigenvalue weighted by Gasteiger charge is -2.31. The first-order valence-corrected chi connectivity index (χ1v) is 8.96. The van der Waals surface area contributed by atoms with E-state index in [1.165, 1.54) is 0 Å². The average molecular weight is 363 g/mol. The molecule has 4 rings (SSSR count). The van der Waals surface area contributed by atoms with E-state index in [0.29, 0.717) is 5.56 Å². The van der Waals surface area contributed by atoms with Crippen LogP contribution in [0.2, 0.25) is 0 Å². The van der Waals surface area contributed by atoms with Crippen molar-refractivity contribution >= 4 is 29.0 Å². The number of carbonyl (C=O) groups is 1. The smallest absolute Gasteiger partial charge is 0.262 e. The molecule has 130 valence electrons. The summed E-state index contributed by atoms with van der Waals surface area (Å²) in [6, 6.07) is 20.9. The van der Waals surface area contributed by atoms with Crippen LogP contribution in [0.5, 0.6) is 11.5 Å². The van der Waals surface area contributed by atoms with Crippen molar-refractivity contribution in [2.75, 3.05) is 19.1 Å². The highest BCUT2D eigenvalue weighted by Crippen LogP contribution is 2.49. The van der Waals surface area contributed by atoms with E-state index in [1.807, 2.05) is 42.5 Å². The number of methoxy groups -OCH3 is 2. The third kappa shape index (κ3) is 2.80. The van der Waals surface area contributed by atoms with E-state index < -0.39 is 0 Å². The molecule has 0 saturated heterocycles. The summed E-state index contributed by atoms with van der Waals surface area (Å²) in [6.45, 7) is 0. The average Bonchev–Trinajstić information content (AvgIpc) is 2.71. The second-order valence-corrected chi connectivity index (χ2v) is 6.86. The molecule has 0 fully saturated rings. The van der Waals surface area contributed by atoms with Gasteiger partial charge in [0, 0.05) is 21.4 Å². The van der Waals surface area contributed by atoms with Crippen LogP contribution < -0.4 is 14.4 Å². The molecular formula is C21H17NO3S. The van der Waals surface area contributed by atoms with E-state index in [9.17, 15) is 4.79 Å². The Morgan fingerprint density at radius 1 is 0.808 bits per heavy atom. The number of amides is 1. The zero-order valence-electron chi connectivity index (χ0n) is 14.4. The van der Waals surface area contributed by atoms with Gasteiger partial charge in [0.05, 0.1) is 25.6 Å². The molecule has 0 N–H and O–H groups in total. The lowest BCUT2D eigenvalue weighted by molar-refractivity contribution is 0.0998. The number of nitrogens with zero attached hydrogens (tertiary/aromatic N) is 1. The van der Waals surface area contributed by atoms with Crippen LogP contribution in [-0.2, 0) is 0 Å². The van der Waals surface area contributed by atoms with Gasteiger partial charge in [0.1, 0.15) is 11.5 Å². The molecule has 3 aromatic carbocycles. The summed E-state index contributed by atoms with van der Waals surface area (Å²) >= 11 is 1.65. The number of rotatable bonds is 3. The maximum atomic E-state index is 13.4. The lowest BCUT2D eigenvalue weighted by Crippen LogP contribution is -2.28. The summed E-state index contributed by atoms with van der Waals surface area (Å²) < 4.78 is 10.6. The van der Waals surface area contributed by atoms with Crippen LogP contribution >= 0.6 is 11.8 Å². The lowest BCUT2D eigenvalue weighted by atomic mass is 10.1. The summed E-state index contributed by atoms with van der Waals surface area (Å²) in [6.07, 6.45) is 0. The van der Waals surface area contributed by atoms with Crippen LogP contribution in [0.1, 0.15) is 10.4 Å². The fourth-order valence-electron chi connectivity index (χ4n) is 2.94. The van der Waals surface area contributed by atoms with E-state index in [-0.39, 0.29) is 5.91 Å². The Labute approximate surface area is 156 Å². The molecule has 4 nitrogen and oxygen atoms in total. The van der Waals surface area contributed by atoms with Crippen molar-refractivity contribution < 1.29 is 14.3 Å². The number of fused-ring (bicyclic) bond motifs is 2. The van der Waals surface area contributed by atoms with Crippen molar-refractivity contribution in [2.24, 2.45) is 0 Å². The molecule has 5 heteroatoms. The van der Waals surface area contributed by atoms with Crippen LogP contribution in [-0.4, -0.2) is 20.1 Å². The second-order valence-electron chi connectivity index (χ2n) is 5.77. The molecule has 26 heavy (non-hydrogen) atoms. The molecular weight excluding hydrogens is 346 g/mol. The van der Waals surface area contributed by atoms with Gasteiger partial charge in [-0.3, -0.25) is 9.69 Å². The Morgan fingerprint density at radius 2 is 1.46 bits per heavy atom. The predicted molar refractivity (Wildman–Crippen MR) is 103 cm³/mol. The second kappa shape index (κ2) is 6.77. The minimum Gasteiger partial charge on any atom is -0.497 e. The Kier molecular flexibility index (Phi) is 4.31. The molecule has 0 saturated carbocycles. The minimum atomic E-state index is -0.0880. The Balaban J connectivity index is 1.84. The Hall–Kier alpha value is -2.92. The van der Waals surface area contributed by atoms with Crippen molar-refractivity contribution in [2.45, 2.75) is 9.79 Å². The fraction of sp³-hybridized carbons (Fsp3) is 0.0952. The third-order valence-electron chi connectivity index (χ3n) is 4.27. The largest absolute Gasteiger partial charge is 0.497 e. The first-order valence-electron chi connectivity index (χ1n) is 8.14. The fourth-order valence-corrected chi connectivity index (χ4v) is 3.98. The van der Waals surface area contributed by atoms with Crippen LogP contribution in [0.15, 0.2) is 76.5 Å². The minimum absolute atomic E-state index is 0.0880. The van der Waals surface area contributed by atoms with Gasteiger partial charge < -0.3 is 9.47 Å². The first kappa shape index (κ1) is 16.5. The van der Waals surface area contributed by atoms with E-state index >= 15 is 0 Å². The van der Waals surface area contributed by atoms with Gasteiger partial charge in [-0.15, -0.1) is 0 Å². The number of anilines is 2. The predicted octanol–water partition coefficient (Wildman–Crippen LogP) is 5.15. The van der Waals surface area contributed by atoms with Crippen molar-refractivity contribution in [3.05, 3.63) is 72.3 Å². The monoisotopic (exact) mass is 363 g/mol. The molecule has 1 amide bonds. The van der Waals surface area contributed by atoms with Crippen molar-refractivity contribution in [3.8, 4) is 11.5 Å². The normalized spacial score (nSPS) is 12.2.